The van der Waals surface area contributed by atoms with Gasteiger partial charge in [0.05, 0.1) is 5.54 Å². The largest absolute Gasteiger partial charge is 0.373 e. The van der Waals surface area contributed by atoms with Crippen molar-refractivity contribution in [2.24, 2.45) is 10.7 Å². The van der Waals surface area contributed by atoms with Crippen molar-refractivity contribution in [3.05, 3.63) is 46.8 Å². The van der Waals surface area contributed by atoms with Crippen molar-refractivity contribution in [1.29, 1.82) is 0 Å². The molecule has 1 aromatic carbocycles. The average Bonchev–Trinajstić information content (AvgIpc) is 2.91. The van der Waals surface area contributed by atoms with Gasteiger partial charge in [0.25, 0.3) is 0 Å². The van der Waals surface area contributed by atoms with Crippen molar-refractivity contribution >= 4 is 17.3 Å². The van der Waals surface area contributed by atoms with Gasteiger partial charge in [-0.25, -0.2) is 4.99 Å². The number of rotatable bonds is 2. The lowest BCUT2D eigenvalue weighted by Crippen LogP contribution is -2.50. The molecule has 116 valence electrons. The summed E-state index contributed by atoms with van der Waals surface area (Å²) in [7, 11) is 1.76. The van der Waals surface area contributed by atoms with E-state index in [9.17, 15) is 5.11 Å². The van der Waals surface area contributed by atoms with Crippen LogP contribution in [0.3, 0.4) is 0 Å². The highest BCUT2D eigenvalue weighted by atomic mass is 32.1. The van der Waals surface area contributed by atoms with Gasteiger partial charge in [0.1, 0.15) is 6.23 Å². The summed E-state index contributed by atoms with van der Waals surface area (Å²) in [5, 5.41) is 12.4. The molecule has 1 aliphatic rings. The molecule has 0 bridgehead atoms. The molecule has 0 spiro atoms. The minimum Gasteiger partial charge on any atom is -0.373 e. The number of aliphatic hydroxyl groups excluding tert-OH is 1. The molecule has 0 saturated carbocycles. The number of aliphatic imine (C=N–C) groups is 1. The van der Waals surface area contributed by atoms with Crippen LogP contribution in [-0.4, -0.2) is 29.2 Å². The zero-order valence-corrected chi connectivity index (χ0v) is 13.9. The minimum absolute atomic E-state index is 0.374. The highest BCUT2D eigenvalue weighted by Gasteiger charge is 2.36. The Morgan fingerprint density at radius 1 is 1.41 bits per heavy atom. The molecule has 0 saturated heterocycles. The number of hydrogen-bond acceptors (Lipinski definition) is 5. The lowest BCUT2D eigenvalue weighted by Gasteiger charge is -2.38. The Morgan fingerprint density at radius 2 is 2.18 bits per heavy atom. The summed E-state index contributed by atoms with van der Waals surface area (Å²) in [5.74, 6) is 0.374. The van der Waals surface area contributed by atoms with Crippen LogP contribution in [-0.2, 0) is 5.54 Å². The Labute approximate surface area is 134 Å². The number of benzene rings is 1. The third kappa shape index (κ3) is 2.62. The van der Waals surface area contributed by atoms with E-state index in [4.69, 9.17) is 5.73 Å². The van der Waals surface area contributed by atoms with E-state index >= 15 is 0 Å². The van der Waals surface area contributed by atoms with E-state index in [0.717, 1.165) is 5.56 Å². The number of thiophene rings is 1. The van der Waals surface area contributed by atoms with Gasteiger partial charge in [0, 0.05) is 18.3 Å². The number of guanidine groups is 1. The van der Waals surface area contributed by atoms with Gasteiger partial charge in [0.15, 0.2) is 5.96 Å². The Kier molecular flexibility index (Phi) is 3.70. The predicted molar refractivity (Wildman–Crippen MR) is 91.9 cm³/mol. The van der Waals surface area contributed by atoms with Crippen LogP contribution in [0.5, 0.6) is 0 Å². The van der Waals surface area contributed by atoms with Gasteiger partial charge in [0.2, 0.25) is 0 Å². The zero-order valence-electron chi connectivity index (χ0n) is 13.1. The number of aryl methyl sites for hydroxylation is 1. The third-order valence-corrected chi connectivity index (χ3v) is 5.35. The number of hydrogen-bond donors (Lipinski definition) is 2. The second-order valence-electron chi connectivity index (χ2n) is 6.11. The quantitative estimate of drug-likeness (QED) is 0.896. The molecule has 0 radical (unpaired) electrons. The van der Waals surface area contributed by atoms with Gasteiger partial charge < -0.3 is 15.7 Å². The smallest absolute Gasteiger partial charge is 0.193 e. The highest BCUT2D eigenvalue weighted by molar-refractivity contribution is 7.13. The van der Waals surface area contributed by atoms with Crippen LogP contribution in [0.4, 0.5) is 0 Å². The van der Waals surface area contributed by atoms with Crippen LogP contribution in [0, 0.1) is 6.92 Å². The van der Waals surface area contributed by atoms with Gasteiger partial charge in [-0.3, -0.25) is 0 Å². The normalized spacial score (nSPS) is 25.2. The van der Waals surface area contributed by atoms with Crippen LogP contribution in [0.1, 0.15) is 24.5 Å². The maximum absolute atomic E-state index is 10.2. The first-order valence-electron chi connectivity index (χ1n) is 7.31. The number of aliphatic hydroxyl groups is 1. The Morgan fingerprint density at radius 3 is 2.82 bits per heavy atom. The molecular formula is C17H21N3OS. The number of nitrogens with zero attached hydrogens (tertiary/aromatic N) is 2. The molecule has 1 aromatic heterocycles. The van der Waals surface area contributed by atoms with Crippen molar-refractivity contribution in [3.8, 4) is 10.4 Å². The monoisotopic (exact) mass is 315 g/mol. The fourth-order valence-corrected chi connectivity index (χ4v) is 3.69. The molecule has 2 heterocycles. The fourth-order valence-electron chi connectivity index (χ4n) is 2.79. The molecule has 3 N–H and O–H groups in total. The van der Waals surface area contributed by atoms with E-state index in [1.807, 2.05) is 13.0 Å². The van der Waals surface area contributed by atoms with Gasteiger partial charge in [-0.2, -0.15) is 0 Å². The van der Waals surface area contributed by atoms with Gasteiger partial charge in [-0.05, 0) is 48.1 Å². The summed E-state index contributed by atoms with van der Waals surface area (Å²) in [6.45, 7) is 4.12. The van der Waals surface area contributed by atoms with Crippen LogP contribution in [0.25, 0.3) is 10.4 Å². The predicted octanol–water partition coefficient (Wildman–Crippen LogP) is 2.91. The van der Waals surface area contributed by atoms with Gasteiger partial charge >= 0.3 is 0 Å². The molecule has 3 rings (SSSR count). The minimum atomic E-state index is -0.616. The summed E-state index contributed by atoms with van der Waals surface area (Å²) < 4.78 is 0. The molecule has 0 fully saturated rings. The summed E-state index contributed by atoms with van der Waals surface area (Å²) >= 11 is 1.74. The second-order valence-corrected chi connectivity index (χ2v) is 7.02. The van der Waals surface area contributed by atoms with Crippen molar-refractivity contribution < 1.29 is 5.11 Å². The van der Waals surface area contributed by atoms with E-state index in [-0.39, 0.29) is 0 Å². The van der Waals surface area contributed by atoms with Crippen molar-refractivity contribution in [1.82, 2.24) is 4.90 Å². The van der Waals surface area contributed by atoms with Crippen LogP contribution >= 0.6 is 11.3 Å². The van der Waals surface area contributed by atoms with E-state index in [0.29, 0.717) is 12.4 Å². The van der Waals surface area contributed by atoms with Crippen LogP contribution in [0.2, 0.25) is 0 Å². The fraction of sp³-hybridized carbons (Fsp3) is 0.353. The molecule has 2 unspecified atom stereocenters. The Hall–Kier alpha value is -1.85. The molecule has 0 aliphatic carbocycles. The maximum atomic E-state index is 10.2. The molecule has 22 heavy (non-hydrogen) atoms. The SMILES string of the molecule is Cc1csc(-c2cccc(C3(C)CC(O)N(C)C(N)=N3)c2)c1. The first-order valence-corrected chi connectivity index (χ1v) is 8.19. The third-order valence-electron chi connectivity index (χ3n) is 4.25. The second kappa shape index (κ2) is 5.41. The van der Waals surface area contributed by atoms with Crippen molar-refractivity contribution in [2.75, 3.05) is 7.05 Å². The van der Waals surface area contributed by atoms with Crippen molar-refractivity contribution in [2.45, 2.75) is 32.0 Å². The molecule has 2 aromatic rings. The average molecular weight is 315 g/mol. The number of nitrogens with two attached hydrogens (primary N) is 1. The Balaban J connectivity index is 2.02. The topological polar surface area (TPSA) is 61.8 Å². The lowest BCUT2D eigenvalue weighted by molar-refractivity contribution is 0.0292. The molecule has 5 heteroatoms. The first-order chi connectivity index (χ1) is 10.4. The molecular weight excluding hydrogens is 294 g/mol. The molecule has 1 aliphatic heterocycles. The highest BCUT2D eigenvalue weighted by Crippen LogP contribution is 2.37. The Bertz CT molecular complexity index is 724. The summed E-state index contributed by atoms with van der Waals surface area (Å²) in [5.41, 5.74) is 8.98. The van der Waals surface area contributed by atoms with Crippen molar-refractivity contribution in [3.63, 3.8) is 0 Å². The first kappa shape index (κ1) is 15.1. The summed E-state index contributed by atoms with van der Waals surface area (Å²) in [4.78, 5) is 7.47. The maximum Gasteiger partial charge on any atom is 0.193 e. The van der Waals surface area contributed by atoms with E-state index in [2.05, 4.69) is 41.6 Å². The molecule has 2 atom stereocenters. The van der Waals surface area contributed by atoms with E-state index < -0.39 is 11.8 Å². The van der Waals surface area contributed by atoms with Crippen LogP contribution < -0.4 is 5.73 Å². The molecule has 4 nitrogen and oxygen atoms in total. The lowest BCUT2D eigenvalue weighted by atomic mass is 9.86. The zero-order chi connectivity index (χ0) is 15.9. The van der Waals surface area contributed by atoms with Crippen LogP contribution in [0.15, 0.2) is 40.7 Å². The standard InChI is InChI=1S/C17H21N3OS/c1-11-7-14(22-10-11)12-5-4-6-13(8-12)17(2)9-15(21)20(3)16(18)19-17/h4-8,10,15,21H,9H2,1-3H3,(H2,18,19). The van der Waals surface area contributed by atoms with Gasteiger partial charge in [-0.1, -0.05) is 18.2 Å². The summed E-state index contributed by atoms with van der Waals surface area (Å²) in [6, 6.07) is 10.5. The van der Waals surface area contributed by atoms with E-state index in [1.165, 1.54) is 16.0 Å². The molecule has 0 amide bonds. The van der Waals surface area contributed by atoms with Gasteiger partial charge in [-0.15, -0.1) is 11.3 Å². The van der Waals surface area contributed by atoms with E-state index in [1.54, 1.807) is 23.3 Å². The summed E-state index contributed by atoms with van der Waals surface area (Å²) in [6.07, 6.45) is -0.0907.